The zero-order valence-electron chi connectivity index (χ0n) is 16.7. The number of hydrogen-bond acceptors (Lipinski definition) is 2. The fraction of sp³-hybridized carbons (Fsp3) is 0.348. The number of carbonyl (C=O) groups excluding carboxylic acids is 1. The van der Waals surface area contributed by atoms with Gasteiger partial charge < -0.3 is 10.1 Å². The maximum absolute atomic E-state index is 12.4. The summed E-state index contributed by atoms with van der Waals surface area (Å²) in [5.74, 6) is 0.565. The number of rotatable bonds is 8. The van der Waals surface area contributed by atoms with Crippen LogP contribution < -0.4 is 10.1 Å². The van der Waals surface area contributed by atoms with Gasteiger partial charge in [-0.25, -0.2) is 0 Å². The third kappa shape index (κ3) is 6.48. The lowest BCUT2D eigenvalue weighted by atomic mass is 9.93. The average Bonchev–Trinajstić information content (AvgIpc) is 2.65. The minimum Gasteiger partial charge on any atom is -0.435 e. The zero-order valence-corrected chi connectivity index (χ0v) is 16.7. The number of amides is 1. The Morgan fingerprint density at radius 1 is 0.929 bits per heavy atom. The molecule has 0 bridgehead atoms. The van der Waals surface area contributed by atoms with Gasteiger partial charge in [0.15, 0.2) is 0 Å². The van der Waals surface area contributed by atoms with Gasteiger partial charge in [0.25, 0.3) is 0 Å². The highest BCUT2D eigenvalue weighted by atomic mass is 19.3. The molecule has 0 aliphatic rings. The molecule has 1 atom stereocenters. The van der Waals surface area contributed by atoms with Crippen molar-refractivity contribution in [3.8, 4) is 5.75 Å². The van der Waals surface area contributed by atoms with Crippen LogP contribution in [-0.2, 0) is 4.79 Å². The Bertz CT molecular complexity index is 781. The van der Waals surface area contributed by atoms with E-state index in [0.29, 0.717) is 5.92 Å². The topological polar surface area (TPSA) is 38.3 Å². The third-order valence-corrected chi connectivity index (χ3v) is 4.46. The van der Waals surface area contributed by atoms with E-state index in [-0.39, 0.29) is 23.6 Å². The first-order valence-electron chi connectivity index (χ1n) is 9.39. The molecule has 0 saturated heterocycles. The Kier molecular flexibility index (Phi) is 7.73. The first-order chi connectivity index (χ1) is 13.3. The molecule has 2 aromatic carbocycles. The van der Waals surface area contributed by atoms with Crippen molar-refractivity contribution >= 4 is 12.0 Å². The quantitative estimate of drug-likeness (QED) is 0.570. The predicted molar refractivity (Wildman–Crippen MR) is 108 cm³/mol. The van der Waals surface area contributed by atoms with Crippen molar-refractivity contribution in [1.29, 1.82) is 0 Å². The van der Waals surface area contributed by atoms with Crippen LogP contribution in [0.2, 0.25) is 0 Å². The van der Waals surface area contributed by atoms with Gasteiger partial charge in [0.2, 0.25) is 5.91 Å². The third-order valence-electron chi connectivity index (χ3n) is 4.46. The van der Waals surface area contributed by atoms with Crippen LogP contribution >= 0.6 is 0 Å². The van der Waals surface area contributed by atoms with Crippen molar-refractivity contribution in [2.75, 3.05) is 0 Å². The number of benzene rings is 2. The number of alkyl halides is 2. The second kappa shape index (κ2) is 10.0. The van der Waals surface area contributed by atoms with Crippen LogP contribution in [0.3, 0.4) is 0 Å². The highest BCUT2D eigenvalue weighted by molar-refractivity contribution is 5.92. The van der Waals surface area contributed by atoms with E-state index >= 15 is 0 Å². The molecule has 2 aromatic rings. The standard InChI is InChI=1S/C23H27F2NO2/c1-15(2)18-8-10-19(11-9-18)22(16(3)4)26-21(27)14-7-17-5-12-20(13-6-17)28-23(24)25/h5-16,22-23H,1-4H3,(H,26,27)/b14-7+/t22-/m1/s1. The SMILES string of the molecule is CC(C)c1ccc([C@H](NC(=O)/C=C/c2ccc(OC(F)F)cc2)C(C)C)cc1. The molecule has 0 aromatic heterocycles. The van der Waals surface area contributed by atoms with Gasteiger partial charge in [-0.05, 0) is 46.7 Å². The molecule has 0 saturated carbocycles. The zero-order chi connectivity index (χ0) is 20.7. The van der Waals surface area contributed by atoms with E-state index in [0.717, 1.165) is 11.1 Å². The van der Waals surface area contributed by atoms with Crippen molar-refractivity contribution in [3.05, 3.63) is 71.3 Å². The minimum absolute atomic E-state index is 0.0846. The Morgan fingerprint density at radius 3 is 2.00 bits per heavy atom. The maximum Gasteiger partial charge on any atom is 0.387 e. The van der Waals surface area contributed by atoms with Gasteiger partial charge in [-0.15, -0.1) is 0 Å². The van der Waals surface area contributed by atoms with Gasteiger partial charge in [-0.1, -0.05) is 64.1 Å². The number of halogens is 2. The molecule has 0 heterocycles. The fourth-order valence-corrected chi connectivity index (χ4v) is 2.86. The Labute approximate surface area is 165 Å². The van der Waals surface area contributed by atoms with E-state index in [1.54, 1.807) is 18.2 Å². The summed E-state index contributed by atoms with van der Waals surface area (Å²) in [6.07, 6.45) is 3.08. The van der Waals surface area contributed by atoms with Crippen LogP contribution in [0.4, 0.5) is 8.78 Å². The second-order valence-corrected chi connectivity index (χ2v) is 7.33. The molecular weight excluding hydrogens is 360 g/mol. The van der Waals surface area contributed by atoms with Gasteiger partial charge >= 0.3 is 6.61 Å². The van der Waals surface area contributed by atoms with Crippen molar-refractivity contribution in [3.63, 3.8) is 0 Å². The van der Waals surface area contributed by atoms with Crippen molar-refractivity contribution in [2.45, 2.75) is 46.3 Å². The van der Waals surface area contributed by atoms with Crippen LogP contribution in [0.5, 0.6) is 5.75 Å². The highest BCUT2D eigenvalue weighted by Crippen LogP contribution is 2.24. The number of ether oxygens (including phenoxy) is 1. The highest BCUT2D eigenvalue weighted by Gasteiger charge is 2.17. The van der Waals surface area contributed by atoms with E-state index < -0.39 is 6.61 Å². The van der Waals surface area contributed by atoms with E-state index in [4.69, 9.17) is 0 Å². The molecule has 1 amide bonds. The maximum atomic E-state index is 12.4. The summed E-state index contributed by atoms with van der Waals surface area (Å²) in [5.41, 5.74) is 3.05. The summed E-state index contributed by atoms with van der Waals surface area (Å²) in [6.45, 7) is 5.57. The lowest BCUT2D eigenvalue weighted by Crippen LogP contribution is -2.30. The summed E-state index contributed by atoms with van der Waals surface area (Å²) >= 11 is 0. The molecule has 0 unspecified atom stereocenters. The van der Waals surface area contributed by atoms with E-state index in [1.165, 1.54) is 23.8 Å². The van der Waals surface area contributed by atoms with E-state index in [9.17, 15) is 13.6 Å². The molecule has 1 N–H and O–H groups in total. The molecule has 0 aliphatic heterocycles. The Morgan fingerprint density at radius 2 is 1.50 bits per heavy atom. The van der Waals surface area contributed by atoms with Crippen LogP contribution in [0.25, 0.3) is 6.08 Å². The molecule has 5 heteroatoms. The normalized spacial score (nSPS) is 12.8. The molecule has 2 rings (SSSR count). The molecule has 3 nitrogen and oxygen atoms in total. The first-order valence-corrected chi connectivity index (χ1v) is 9.39. The number of hydrogen-bond donors (Lipinski definition) is 1. The second-order valence-electron chi connectivity index (χ2n) is 7.33. The average molecular weight is 387 g/mol. The summed E-state index contributed by atoms with van der Waals surface area (Å²) < 4.78 is 28.7. The van der Waals surface area contributed by atoms with E-state index in [1.807, 2.05) is 0 Å². The number of carbonyl (C=O) groups is 1. The molecule has 0 spiro atoms. The van der Waals surface area contributed by atoms with Crippen LogP contribution in [0.15, 0.2) is 54.6 Å². The van der Waals surface area contributed by atoms with Crippen LogP contribution in [0, 0.1) is 5.92 Å². The van der Waals surface area contributed by atoms with Crippen molar-refractivity contribution < 1.29 is 18.3 Å². The summed E-state index contributed by atoms with van der Waals surface area (Å²) in [7, 11) is 0. The first kappa shape index (κ1) is 21.6. The summed E-state index contributed by atoms with van der Waals surface area (Å²) in [6, 6.07) is 14.3. The van der Waals surface area contributed by atoms with Gasteiger partial charge in [-0.3, -0.25) is 4.79 Å². The number of nitrogens with one attached hydrogen (secondary N) is 1. The molecule has 150 valence electrons. The lowest BCUT2D eigenvalue weighted by Gasteiger charge is -2.23. The molecular formula is C23H27F2NO2. The van der Waals surface area contributed by atoms with Gasteiger partial charge in [0.05, 0.1) is 6.04 Å². The largest absolute Gasteiger partial charge is 0.435 e. The lowest BCUT2D eigenvalue weighted by molar-refractivity contribution is -0.117. The van der Waals surface area contributed by atoms with Gasteiger partial charge in [-0.2, -0.15) is 8.78 Å². The molecule has 0 radical (unpaired) electrons. The van der Waals surface area contributed by atoms with E-state index in [2.05, 4.69) is 62.0 Å². The van der Waals surface area contributed by atoms with Gasteiger partial charge in [0.1, 0.15) is 5.75 Å². The molecule has 0 fully saturated rings. The summed E-state index contributed by atoms with van der Waals surface area (Å²) in [5, 5.41) is 3.04. The van der Waals surface area contributed by atoms with Gasteiger partial charge in [0, 0.05) is 6.08 Å². The molecule has 0 aliphatic carbocycles. The fourth-order valence-electron chi connectivity index (χ4n) is 2.86. The smallest absolute Gasteiger partial charge is 0.387 e. The monoisotopic (exact) mass is 387 g/mol. The van der Waals surface area contributed by atoms with Crippen molar-refractivity contribution in [2.24, 2.45) is 5.92 Å². The molecule has 28 heavy (non-hydrogen) atoms. The Hall–Kier alpha value is -2.69. The van der Waals surface area contributed by atoms with Crippen molar-refractivity contribution in [1.82, 2.24) is 5.32 Å². The summed E-state index contributed by atoms with van der Waals surface area (Å²) in [4.78, 5) is 12.4. The van der Waals surface area contributed by atoms with Crippen LogP contribution in [-0.4, -0.2) is 12.5 Å². The minimum atomic E-state index is -2.85. The van der Waals surface area contributed by atoms with Crippen LogP contribution in [0.1, 0.15) is 56.3 Å². The Balaban J connectivity index is 2.02. The predicted octanol–water partition coefficient (Wildman–Crippen LogP) is 5.94.